The van der Waals surface area contributed by atoms with E-state index in [2.05, 4.69) is 32.0 Å². The van der Waals surface area contributed by atoms with Crippen LogP contribution in [0.15, 0.2) is 22.6 Å². The van der Waals surface area contributed by atoms with Crippen LogP contribution in [0.2, 0.25) is 0 Å². The van der Waals surface area contributed by atoms with E-state index in [1.165, 1.54) is 0 Å². The molecule has 0 saturated carbocycles. The third kappa shape index (κ3) is 3.70. The first-order valence-corrected chi connectivity index (χ1v) is 8.57. The Labute approximate surface area is 146 Å². The maximum Gasteiger partial charge on any atom is 0.224 e. The van der Waals surface area contributed by atoms with E-state index in [4.69, 9.17) is 4.42 Å². The summed E-state index contributed by atoms with van der Waals surface area (Å²) in [6, 6.07) is 5.79. The number of aromatic nitrogens is 4. The molecule has 25 heavy (non-hydrogen) atoms. The van der Waals surface area contributed by atoms with Gasteiger partial charge in [0.2, 0.25) is 17.7 Å². The number of carbonyl (C=O) groups is 1. The number of hydrogen-bond acceptors (Lipinski definition) is 5. The highest BCUT2D eigenvalue weighted by molar-refractivity contribution is 5.93. The van der Waals surface area contributed by atoms with E-state index < -0.39 is 0 Å². The van der Waals surface area contributed by atoms with Crippen LogP contribution in [0.5, 0.6) is 0 Å². The number of benzene rings is 1. The molecule has 0 unspecified atom stereocenters. The zero-order valence-electron chi connectivity index (χ0n) is 15.0. The first-order chi connectivity index (χ1) is 12.0. The van der Waals surface area contributed by atoms with E-state index in [1.807, 2.05) is 39.0 Å². The fraction of sp³-hybridized carbons (Fsp3) is 0.444. The Morgan fingerprint density at radius 2 is 2.12 bits per heavy atom. The van der Waals surface area contributed by atoms with Gasteiger partial charge in [-0.05, 0) is 32.0 Å². The van der Waals surface area contributed by atoms with Gasteiger partial charge in [-0.1, -0.05) is 13.8 Å². The standard InChI is InChI=1S/C18H23N5O2/c1-5-23-12(4)19-14-10-13(6-7-15(14)23)20-16(24)8-9-17-21-22-18(25-17)11(2)3/h6-7,10-11H,5,8-9H2,1-4H3,(H,20,24). The number of rotatable bonds is 6. The second-order valence-corrected chi connectivity index (χ2v) is 6.34. The Morgan fingerprint density at radius 1 is 1.32 bits per heavy atom. The van der Waals surface area contributed by atoms with Gasteiger partial charge in [-0.25, -0.2) is 4.98 Å². The molecule has 0 aliphatic carbocycles. The lowest BCUT2D eigenvalue weighted by atomic mass is 10.2. The van der Waals surface area contributed by atoms with Gasteiger partial charge >= 0.3 is 0 Å². The first kappa shape index (κ1) is 17.1. The minimum absolute atomic E-state index is 0.0877. The van der Waals surface area contributed by atoms with Crippen molar-refractivity contribution in [1.82, 2.24) is 19.7 Å². The fourth-order valence-corrected chi connectivity index (χ4v) is 2.77. The maximum absolute atomic E-state index is 12.2. The zero-order chi connectivity index (χ0) is 18.0. The number of amides is 1. The van der Waals surface area contributed by atoms with Crippen molar-refractivity contribution >= 4 is 22.6 Å². The van der Waals surface area contributed by atoms with Crippen LogP contribution in [-0.2, 0) is 17.8 Å². The van der Waals surface area contributed by atoms with E-state index in [0.717, 1.165) is 29.1 Å². The van der Waals surface area contributed by atoms with Crippen molar-refractivity contribution in [2.45, 2.75) is 53.0 Å². The number of fused-ring (bicyclic) bond motifs is 1. The van der Waals surface area contributed by atoms with Crippen molar-refractivity contribution in [2.24, 2.45) is 0 Å². The van der Waals surface area contributed by atoms with Crippen molar-refractivity contribution in [3.63, 3.8) is 0 Å². The molecule has 0 aliphatic rings. The topological polar surface area (TPSA) is 85.8 Å². The van der Waals surface area contributed by atoms with Crippen LogP contribution in [0.3, 0.4) is 0 Å². The van der Waals surface area contributed by atoms with Gasteiger partial charge in [0.25, 0.3) is 0 Å². The molecule has 0 radical (unpaired) electrons. The zero-order valence-corrected chi connectivity index (χ0v) is 15.0. The van der Waals surface area contributed by atoms with Crippen molar-refractivity contribution in [1.29, 1.82) is 0 Å². The molecule has 0 spiro atoms. The van der Waals surface area contributed by atoms with Gasteiger partial charge in [-0.2, -0.15) is 0 Å². The molecule has 2 heterocycles. The van der Waals surface area contributed by atoms with Gasteiger partial charge in [-0.3, -0.25) is 4.79 Å². The normalized spacial score (nSPS) is 11.4. The molecule has 1 aromatic carbocycles. The Kier molecular flexibility index (Phi) is 4.83. The summed E-state index contributed by atoms with van der Waals surface area (Å²) >= 11 is 0. The molecule has 3 rings (SSSR count). The summed E-state index contributed by atoms with van der Waals surface area (Å²) in [6.45, 7) is 8.92. The van der Waals surface area contributed by atoms with Crippen molar-refractivity contribution < 1.29 is 9.21 Å². The van der Waals surface area contributed by atoms with E-state index in [-0.39, 0.29) is 11.8 Å². The highest BCUT2D eigenvalue weighted by Gasteiger charge is 2.12. The van der Waals surface area contributed by atoms with Gasteiger partial charge in [0.1, 0.15) is 5.82 Å². The van der Waals surface area contributed by atoms with Gasteiger partial charge < -0.3 is 14.3 Å². The molecule has 0 atom stereocenters. The summed E-state index contributed by atoms with van der Waals surface area (Å²) in [6.07, 6.45) is 0.720. The number of nitrogens with zero attached hydrogens (tertiary/aromatic N) is 4. The van der Waals surface area contributed by atoms with Crippen LogP contribution in [0, 0.1) is 6.92 Å². The van der Waals surface area contributed by atoms with E-state index in [0.29, 0.717) is 24.6 Å². The highest BCUT2D eigenvalue weighted by atomic mass is 16.4. The molecular formula is C18H23N5O2. The summed E-state index contributed by atoms with van der Waals surface area (Å²) in [4.78, 5) is 16.7. The Bertz CT molecular complexity index is 894. The average Bonchev–Trinajstić information content (AvgIpc) is 3.16. The van der Waals surface area contributed by atoms with Crippen LogP contribution in [0.4, 0.5) is 5.69 Å². The lowest BCUT2D eigenvalue weighted by Crippen LogP contribution is -2.12. The molecule has 7 heteroatoms. The molecule has 2 aromatic heterocycles. The molecule has 7 nitrogen and oxygen atoms in total. The highest BCUT2D eigenvalue weighted by Crippen LogP contribution is 2.20. The van der Waals surface area contributed by atoms with Crippen molar-refractivity contribution in [2.75, 3.05) is 5.32 Å². The quantitative estimate of drug-likeness (QED) is 0.742. The second-order valence-electron chi connectivity index (χ2n) is 6.34. The van der Waals surface area contributed by atoms with Crippen LogP contribution >= 0.6 is 0 Å². The predicted octanol–water partition coefficient (Wildman–Crippen LogP) is 3.44. The van der Waals surface area contributed by atoms with Crippen LogP contribution in [0.1, 0.15) is 50.7 Å². The van der Waals surface area contributed by atoms with Gasteiger partial charge in [-0.15, -0.1) is 10.2 Å². The number of hydrogen-bond donors (Lipinski definition) is 1. The summed E-state index contributed by atoms with van der Waals surface area (Å²) in [7, 11) is 0. The largest absolute Gasteiger partial charge is 0.425 e. The Balaban J connectivity index is 1.63. The molecule has 0 saturated heterocycles. The average molecular weight is 341 g/mol. The summed E-state index contributed by atoms with van der Waals surface area (Å²) in [5.74, 6) is 2.16. The molecular weight excluding hydrogens is 318 g/mol. The molecule has 1 N–H and O–H groups in total. The summed E-state index contributed by atoms with van der Waals surface area (Å²) in [5, 5.41) is 10.8. The summed E-state index contributed by atoms with van der Waals surface area (Å²) < 4.78 is 7.66. The van der Waals surface area contributed by atoms with E-state index in [9.17, 15) is 4.79 Å². The van der Waals surface area contributed by atoms with E-state index >= 15 is 0 Å². The molecule has 0 aliphatic heterocycles. The van der Waals surface area contributed by atoms with Gasteiger partial charge in [0, 0.05) is 31.0 Å². The number of anilines is 1. The Hall–Kier alpha value is -2.70. The maximum atomic E-state index is 12.2. The van der Waals surface area contributed by atoms with Gasteiger partial charge in [0.05, 0.1) is 11.0 Å². The van der Waals surface area contributed by atoms with E-state index in [1.54, 1.807) is 0 Å². The predicted molar refractivity (Wildman–Crippen MR) is 95.5 cm³/mol. The minimum atomic E-state index is -0.0877. The summed E-state index contributed by atoms with van der Waals surface area (Å²) in [5.41, 5.74) is 2.70. The minimum Gasteiger partial charge on any atom is -0.425 e. The van der Waals surface area contributed by atoms with Crippen molar-refractivity contribution in [3.05, 3.63) is 35.8 Å². The van der Waals surface area contributed by atoms with Crippen molar-refractivity contribution in [3.8, 4) is 0 Å². The third-order valence-electron chi connectivity index (χ3n) is 4.08. The molecule has 0 bridgehead atoms. The second kappa shape index (κ2) is 7.04. The van der Waals surface area contributed by atoms with Crippen LogP contribution in [-0.4, -0.2) is 25.7 Å². The number of imidazole rings is 1. The molecule has 1 amide bonds. The number of nitrogens with one attached hydrogen (secondary N) is 1. The SMILES string of the molecule is CCn1c(C)nc2cc(NC(=O)CCc3nnc(C(C)C)o3)ccc21. The number of aryl methyl sites for hydroxylation is 3. The molecule has 0 fully saturated rings. The lowest BCUT2D eigenvalue weighted by Gasteiger charge is -2.05. The fourth-order valence-electron chi connectivity index (χ4n) is 2.77. The third-order valence-corrected chi connectivity index (χ3v) is 4.08. The first-order valence-electron chi connectivity index (χ1n) is 8.57. The number of carbonyl (C=O) groups excluding carboxylic acids is 1. The molecule has 132 valence electrons. The Morgan fingerprint density at radius 3 is 2.80 bits per heavy atom. The van der Waals surface area contributed by atoms with Gasteiger partial charge in [0.15, 0.2) is 0 Å². The lowest BCUT2D eigenvalue weighted by molar-refractivity contribution is -0.116. The van der Waals surface area contributed by atoms with Crippen LogP contribution in [0.25, 0.3) is 11.0 Å². The smallest absolute Gasteiger partial charge is 0.224 e. The monoisotopic (exact) mass is 341 g/mol. The molecule has 3 aromatic rings. The van der Waals surface area contributed by atoms with Crippen LogP contribution < -0.4 is 5.32 Å².